The second-order valence-electron chi connectivity index (χ2n) is 7.85. The van der Waals surface area contributed by atoms with Crippen LogP contribution in [0.5, 0.6) is 0 Å². The molecule has 0 fully saturated rings. The SMILES string of the molecule is Cc1sc2nc(SCC(=O)c3c(N)n(C)c(=O)n(C)c3=O)n(CC(C)C)c(=O)c2c1C. The molecule has 166 valence electrons. The van der Waals surface area contributed by atoms with Gasteiger partial charge in [0, 0.05) is 25.5 Å². The van der Waals surface area contributed by atoms with Crippen LogP contribution in [0.3, 0.4) is 0 Å². The van der Waals surface area contributed by atoms with Gasteiger partial charge in [0.15, 0.2) is 10.9 Å². The van der Waals surface area contributed by atoms with Crippen LogP contribution in [0.15, 0.2) is 19.5 Å². The lowest BCUT2D eigenvalue weighted by atomic mass is 10.2. The van der Waals surface area contributed by atoms with Gasteiger partial charge in [0.25, 0.3) is 11.1 Å². The van der Waals surface area contributed by atoms with Gasteiger partial charge < -0.3 is 5.73 Å². The number of thiophene rings is 1. The highest BCUT2D eigenvalue weighted by Gasteiger charge is 2.22. The van der Waals surface area contributed by atoms with Crippen molar-refractivity contribution < 1.29 is 4.79 Å². The van der Waals surface area contributed by atoms with E-state index in [9.17, 15) is 19.2 Å². The maximum atomic E-state index is 13.2. The molecule has 0 saturated carbocycles. The van der Waals surface area contributed by atoms with Crippen LogP contribution >= 0.6 is 23.1 Å². The number of thioether (sulfide) groups is 1. The molecule has 3 aromatic rings. The molecule has 9 nitrogen and oxygen atoms in total. The molecule has 0 atom stereocenters. The van der Waals surface area contributed by atoms with Crippen molar-refractivity contribution in [2.45, 2.75) is 39.4 Å². The lowest BCUT2D eigenvalue weighted by Gasteiger charge is -2.14. The van der Waals surface area contributed by atoms with Crippen molar-refractivity contribution in [2.75, 3.05) is 11.5 Å². The van der Waals surface area contributed by atoms with Crippen LogP contribution in [-0.2, 0) is 20.6 Å². The molecule has 3 aromatic heterocycles. The van der Waals surface area contributed by atoms with Gasteiger partial charge in [-0.1, -0.05) is 25.6 Å². The number of carbonyl (C=O) groups excluding carboxylic acids is 1. The normalized spacial score (nSPS) is 11.6. The number of fused-ring (bicyclic) bond motifs is 1. The fraction of sp³-hybridized carbons (Fsp3) is 0.450. The predicted molar refractivity (Wildman–Crippen MR) is 125 cm³/mol. The summed E-state index contributed by atoms with van der Waals surface area (Å²) >= 11 is 2.53. The van der Waals surface area contributed by atoms with Gasteiger partial charge in [-0.15, -0.1) is 11.3 Å². The number of ketones is 1. The molecule has 11 heteroatoms. The molecular formula is C20H25N5O4S2. The quantitative estimate of drug-likeness (QED) is 0.335. The minimum Gasteiger partial charge on any atom is -0.384 e. The van der Waals surface area contributed by atoms with Gasteiger partial charge >= 0.3 is 5.69 Å². The Morgan fingerprint density at radius 1 is 1.13 bits per heavy atom. The highest BCUT2D eigenvalue weighted by molar-refractivity contribution is 7.99. The zero-order chi connectivity index (χ0) is 23.2. The minimum absolute atomic E-state index is 0.131. The number of rotatable bonds is 6. The Labute approximate surface area is 186 Å². The second kappa shape index (κ2) is 8.46. The van der Waals surface area contributed by atoms with Crippen LogP contribution in [0, 0.1) is 19.8 Å². The number of aromatic nitrogens is 4. The minimum atomic E-state index is -0.737. The summed E-state index contributed by atoms with van der Waals surface area (Å²) in [4.78, 5) is 56.8. The van der Waals surface area contributed by atoms with E-state index >= 15 is 0 Å². The highest BCUT2D eigenvalue weighted by atomic mass is 32.2. The molecule has 0 amide bonds. The van der Waals surface area contributed by atoms with Crippen molar-refractivity contribution in [2.24, 2.45) is 20.0 Å². The second-order valence-corrected chi connectivity index (χ2v) is 9.99. The number of carbonyl (C=O) groups is 1. The molecule has 0 spiro atoms. The van der Waals surface area contributed by atoms with Crippen molar-refractivity contribution in [3.8, 4) is 0 Å². The summed E-state index contributed by atoms with van der Waals surface area (Å²) in [5.74, 6) is -0.649. The van der Waals surface area contributed by atoms with Crippen LogP contribution in [-0.4, -0.2) is 30.2 Å². The number of nitrogen functional groups attached to an aromatic ring is 1. The molecule has 0 aliphatic heterocycles. The molecule has 3 rings (SSSR count). The molecular weight excluding hydrogens is 438 g/mol. The number of aryl methyl sites for hydroxylation is 2. The van der Waals surface area contributed by atoms with Crippen molar-refractivity contribution in [1.29, 1.82) is 0 Å². The topological polar surface area (TPSA) is 122 Å². The van der Waals surface area contributed by atoms with E-state index in [1.807, 2.05) is 27.7 Å². The van der Waals surface area contributed by atoms with Crippen LogP contribution in [0.4, 0.5) is 5.82 Å². The molecule has 0 bridgehead atoms. The van der Waals surface area contributed by atoms with Crippen LogP contribution < -0.4 is 22.5 Å². The van der Waals surface area contributed by atoms with Gasteiger partial charge in [-0.25, -0.2) is 9.78 Å². The Morgan fingerprint density at radius 2 is 1.77 bits per heavy atom. The smallest absolute Gasteiger partial charge is 0.332 e. The Balaban J connectivity index is 2.05. The number of nitrogens with two attached hydrogens (primary N) is 1. The summed E-state index contributed by atoms with van der Waals surface area (Å²) in [5.41, 5.74) is 5.10. The molecule has 0 aliphatic carbocycles. The lowest BCUT2D eigenvalue weighted by molar-refractivity contribution is 0.102. The van der Waals surface area contributed by atoms with E-state index in [1.54, 1.807) is 4.57 Å². The maximum Gasteiger partial charge on any atom is 0.332 e. The zero-order valence-corrected chi connectivity index (χ0v) is 19.9. The molecule has 0 unspecified atom stereocenters. The number of hydrogen-bond donors (Lipinski definition) is 1. The molecule has 0 aromatic carbocycles. The standard InChI is InChI=1S/C20H25N5O4S2/c1-9(2)7-25-18(28)13-10(3)11(4)31-16(13)22-19(25)30-8-12(26)14-15(21)23(5)20(29)24(6)17(14)27/h9H,7-8,21H2,1-6H3. The predicted octanol–water partition coefficient (Wildman–Crippen LogP) is 1.69. The third kappa shape index (κ3) is 3.99. The zero-order valence-electron chi connectivity index (χ0n) is 18.3. The molecule has 3 heterocycles. The van der Waals surface area contributed by atoms with Crippen molar-refractivity contribution >= 4 is 44.9 Å². The van der Waals surface area contributed by atoms with E-state index in [-0.39, 0.29) is 28.6 Å². The van der Waals surface area contributed by atoms with Gasteiger partial charge in [-0.2, -0.15) is 0 Å². The van der Waals surface area contributed by atoms with Gasteiger partial charge in [-0.3, -0.25) is 28.1 Å². The summed E-state index contributed by atoms with van der Waals surface area (Å²) in [5, 5.41) is 1.02. The summed E-state index contributed by atoms with van der Waals surface area (Å²) in [6, 6.07) is 0. The fourth-order valence-corrected chi connectivity index (χ4v) is 5.22. The first-order chi connectivity index (χ1) is 14.5. The summed E-state index contributed by atoms with van der Waals surface area (Å²) in [7, 11) is 2.70. The van der Waals surface area contributed by atoms with Crippen LogP contribution in [0.1, 0.15) is 34.6 Å². The fourth-order valence-electron chi connectivity index (χ4n) is 3.27. The van der Waals surface area contributed by atoms with E-state index < -0.39 is 17.0 Å². The van der Waals surface area contributed by atoms with E-state index in [2.05, 4.69) is 4.98 Å². The number of hydrogen-bond acceptors (Lipinski definition) is 8. The first-order valence-corrected chi connectivity index (χ1v) is 11.5. The number of anilines is 1. The monoisotopic (exact) mass is 463 g/mol. The Hall–Kier alpha value is -2.66. The van der Waals surface area contributed by atoms with Gasteiger partial charge in [0.1, 0.15) is 16.2 Å². The van der Waals surface area contributed by atoms with Gasteiger partial charge in [0.05, 0.1) is 11.1 Å². The summed E-state index contributed by atoms with van der Waals surface area (Å²) < 4.78 is 3.51. The van der Waals surface area contributed by atoms with E-state index in [1.165, 1.54) is 25.4 Å². The number of Topliss-reactive ketones (excluding diaryl/α,β-unsaturated/α-hetero) is 1. The average Bonchev–Trinajstić information content (AvgIpc) is 2.99. The highest BCUT2D eigenvalue weighted by Crippen LogP contribution is 2.29. The summed E-state index contributed by atoms with van der Waals surface area (Å²) in [6.45, 7) is 8.30. The molecule has 31 heavy (non-hydrogen) atoms. The first kappa shape index (κ1) is 23.0. The van der Waals surface area contributed by atoms with Crippen molar-refractivity contribution in [1.82, 2.24) is 18.7 Å². The van der Waals surface area contributed by atoms with E-state index in [4.69, 9.17) is 5.73 Å². The molecule has 0 saturated heterocycles. The first-order valence-electron chi connectivity index (χ1n) is 9.67. The van der Waals surface area contributed by atoms with Gasteiger partial charge in [0.2, 0.25) is 0 Å². The van der Waals surface area contributed by atoms with Crippen molar-refractivity contribution in [3.05, 3.63) is 47.2 Å². The van der Waals surface area contributed by atoms with Gasteiger partial charge in [-0.05, 0) is 25.3 Å². The van der Waals surface area contributed by atoms with E-state index in [0.29, 0.717) is 21.9 Å². The maximum absolute atomic E-state index is 13.2. The largest absolute Gasteiger partial charge is 0.384 e. The Morgan fingerprint density at radius 3 is 2.39 bits per heavy atom. The Kier molecular flexibility index (Phi) is 6.28. The molecule has 0 aliphatic rings. The third-order valence-electron chi connectivity index (χ3n) is 5.12. The van der Waals surface area contributed by atoms with Crippen LogP contribution in [0.2, 0.25) is 0 Å². The molecule has 0 radical (unpaired) electrons. The third-order valence-corrected chi connectivity index (χ3v) is 7.20. The molecule has 2 N–H and O–H groups in total. The number of nitrogens with zero attached hydrogens (tertiary/aromatic N) is 4. The lowest BCUT2D eigenvalue weighted by Crippen LogP contribution is -2.41. The average molecular weight is 464 g/mol. The van der Waals surface area contributed by atoms with Crippen LogP contribution in [0.25, 0.3) is 10.2 Å². The summed E-state index contributed by atoms with van der Waals surface area (Å²) in [6.07, 6.45) is 0. The van der Waals surface area contributed by atoms with Crippen molar-refractivity contribution in [3.63, 3.8) is 0 Å². The Bertz CT molecular complexity index is 1380. The van der Waals surface area contributed by atoms with E-state index in [0.717, 1.165) is 31.3 Å².